The van der Waals surface area contributed by atoms with Crippen LogP contribution in [0.15, 0.2) is 170 Å². The molecule has 0 fully saturated rings. The van der Waals surface area contributed by atoms with E-state index in [1.165, 1.54) is 109 Å². The molecule has 10 aromatic carbocycles. The Bertz CT molecular complexity index is 2940. The summed E-state index contributed by atoms with van der Waals surface area (Å²) in [4.78, 5) is 0. The van der Waals surface area contributed by atoms with Gasteiger partial charge in [-0.1, -0.05) is 152 Å². The van der Waals surface area contributed by atoms with E-state index in [0.29, 0.717) is 0 Å². The maximum absolute atomic E-state index is 2.41. The van der Waals surface area contributed by atoms with Crippen LogP contribution in [0.4, 0.5) is 0 Å². The Morgan fingerprint density at radius 1 is 0.229 bits per heavy atom. The largest absolute Gasteiger partial charge is 0.0616 e. The van der Waals surface area contributed by atoms with E-state index in [9.17, 15) is 0 Å². The second-order valence-corrected chi connectivity index (χ2v) is 13.2. The van der Waals surface area contributed by atoms with Gasteiger partial charge in [-0.3, -0.25) is 0 Å². The normalized spacial score (nSPS) is 12.2. The predicted molar refractivity (Wildman–Crippen MR) is 207 cm³/mol. The number of hydrogen-bond acceptors (Lipinski definition) is 0. The van der Waals surface area contributed by atoms with Crippen LogP contribution in [0, 0.1) is 0 Å². The third-order valence-corrected chi connectivity index (χ3v) is 10.7. The summed E-state index contributed by atoms with van der Waals surface area (Å²) in [5, 5.41) is 15.6. The van der Waals surface area contributed by atoms with E-state index in [1.807, 2.05) is 0 Å². The molecule has 0 amide bonds. The van der Waals surface area contributed by atoms with Crippen LogP contribution in [0.2, 0.25) is 0 Å². The Hall–Kier alpha value is -6.24. The summed E-state index contributed by atoms with van der Waals surface area (Å²) in [7, 11) is 0. The van der Waals surface area contributed by atoms with Crippen LogP contribution < -0.4 is 0 Å². The summed E-state index contributed by atoms with van der Waals surface area (Å²) in [6.45, 7) is 0. The SMILES string of the molecule is c1ccc2c(c1)-c1cccc3c1c-2cc1ccc2cc(-c4c5ccccc5c(-c5ccc6ccccc6c5)c5ccccc45)ccc2c13. The minimum atomic E-state index is 1.25. The van der Waals surface area contributed by atoms with Crippen molar-refractivity contribution < 1.29 is 0 Å². The molecule has 0 heteroatoms. The summed E-state index contributed by atoms with van der Waals surface area (Å²) in [6.07, 6.45) is 0. The van der Waals surface area contributed by atoms with Gasteiger partial charge in [-0.15, -0.1) is 0 Å². The standard InChI is InChI=1S/C48H28/c1-2-11-30-26-32(22-20-29(30)10-1)46-39-14-5-7-16-41(39)47(42-17-8-6-15-40(42)46)33-24-25-35-31(27-33)21-23-34-28-44-37-13-4-3-12-36(37)38-18-9-19-43(45(34)35)48(38)44/h1-28H. The Kier molecular flexibility index (Phi) is 5.20. The molecule has 0 aliphatic heterocycles. The molecule has 0 heterocycles. The lowest BCUT2D eigenvalue weighted by Crippen LogP contribution is -1.91. The van der Waals surface area contributed by atoms with E-state index < -0.39 is 0 Å². The van der Waals surface area contributed by atoms with Gasteiger partial charge in [0.05, 0.1) is 0 Å². The Balaban J connectivity index is 1.18. The fourth-order valence-corrected chi connectivity index (χ4v) is 8.69. The first-order chi connectivity index (χ1) is 23.8. The fraction of sp³-hybridized carbons (Fsp3) is 0. The van der Waals surface area contributed by atoms with Gasteiger partial charge in [-0.05, 0) is 127 Å². The highest BCUT2D eigenvalue weighted by atomic mass is 14.3. The van der Waals surface area contributed by atoms with Crippen LogP contribution in [0.3, 0.4) is 0 Å². The lowest BCUT2D eigenvalue weighted by molar-refractivity contribution is 1.68. The van der Waals surface area contributed by atoms with Crippen LogP contribution in [0.5, 0.6) is 0 Å². The molecule has 0 radical (unpaired) electrons. The topological polar surface area (TPSA) is 0 Å². The van der Waals surface area contributed by atoms with E-state index in [0.717, 1.165) is 0 Å². The highest BCUT2D eigenvalue weighted by Crippen LogP contribution is 2.51. The van der Waals surface area contributed by atoms with Gasteiger partial charge in [0, 0.05) is 0 Å². The lowest BCUT2D eigenvalue weighted by atomic mass is 9.85. The van der Waals surface area contributed by atoms with Crippen molar-refractivity contribution in [2.75, 3.05) is 0 Å². The summed E-state index contributed by atoms with van der Waals surface area (Å²) in [5.74, 6) is 0. The molecule has 10 aromatic rings. The predicted octanol–water partition coefficient (Wildman–Crippen LogP) is 13.6. The van der Waals surface area contributed by atoms with Crippen LogP contribution in [0.25, 0.3) is 109 Å². The van der Waals surface area contributed by atoms with Crippen molar-refractivity contribution >= 4 is 64.6 Å². The molecule has 0 spiro atoms. The molecule has 0 N–H and O–H groups in total. The highest BCUT2D eigenvalue weighted by molar-refractivity contribution is 6.29. The molecule has 48 heavy (non-hydrogen) atoms. The molecule has 0 saturated carbocycles. The zero-order valence-corrected chi connectivity index (χ0v) is 26.2. The zero-order valence-electron chi connectivity index (χ0n) is 26.2. The molecule has 11 rings (SSSR count). The molecule has 0 atom stereocenters. The van der Waals surface area contributed by atoms with Crippen LogP contribution in [-0.4, -0.2) is 0 Å². The summed E-state index contributed by atoms with van der Waals surface area (Å²) in [6, 6.07) is 63.3. The summed E-state index contributed by atoms with van der Waals surface area (Å²) in [5.41, 5.74) is 10.5. The zero-order chi connectivity index (χ0) is 31.3. The average molecular weight is 605 g/mol. The second-order valence-electron chi connectivity index (χ2n) is 13.2. The third-order valence-electron chi connectivity index (χ3n) is 10.7. The maximum Gasteiger partial charge on any atom is -0.00197 e. The Labute approximate surface area is 278 Å². The van der Waals surface area contributed by atoms with Gasteiger partial charge in [0.1, 0.15) is 0 Å². The molecule has 0 aromatic heterocycles. The molecule has 0 nitrogen and oxygen atoms in total. The third kappa shape index (κ3) is 3.49. The Morgan fingerprint density at radius 3 is 1.44 bits per heavy atom. The van der Waals surface area contributed by atoms with Gasteiger partial charge in [0.2, 0.25) is 0 Å². The van der Waals surface area contributed by atoms with Crippen LogP contribution in [0.1, 0.15) is 0 Å². The van der Waals surface area contributed by atoms with Crippen molar-refractivity contribution in [3.63, 3.8) is 0 Å². The quantitative estimate of drug-likeness (QED) is 0.136. The lowest BCUT2D eigenvalue weighted by Gasteiger charge is -2.18. The molecule has 1 aliphatic rings. The minimum Gasteiger partial charge on any atom is -0.0616 e. The molecular weight excluding hydrogens is 577 g/mol. The van der Waals surface area contributed by atoms with Crippen LogP contribution >= 0.6 is 0 Å². The van der Waals surface area contributed by atoms with Gasteiger partial charge in [0.15, 0.2) is 0 Å². The van der Waals surface area contributed by atoms with Crippen molar-refractivity contribution in [2.45, 2.75) is 0 Å². The number of hydrogen-bond donors (Lipinski definition) is 0. The van der Waals surface area contributed by atoms with Crippen molar-refractivity contribution in [1.82, 2.24) is 0 Å². The first kappa shape index (κ1) is 25.9. The van der Waals surface area contributed by atoms with E-state index >= 15 is 0 Å². The van der Waals surface area contributed by atoms with E-state index in [1.54, 1.807) is 0 Å². The molecular formula is C48H28. The van der Waals surface area contributed by atoms with Crippen molar-refractivity contribution in [1.29, 1.82) is 0 Å². The number of benzene rings is 10. The van der Waals surface area contributed by atoms with Crippen molar-refractivity contribution in [3.8, 4) is 44.5 Å². The minimum absolute atomic E-state index is 1.25. The molecule has 0 saturated heterocycles. The second kappa shape index (κ2) is 9.64. The average Bonchev–Trinajstić information content (AvgIpc) is 3.47. The Morgan fingerprint density at radius 2 is 0.729 bits per heavy atom. The van der Waals surface area contributed by atoms with Gasteiger partial charge < -0.3 is 0 Å². The summed E-state index contributed by atoms with van der Waals surface area (Å²) >= 11 is 0. The smallest absolute Gasteiger partial charge is 0.00197 e. The van der Waals surface area contributed by atoms with E-state index in [2.05, 4.69) is 170 Å². The van der Waals surface area contributed by atoms with Gasteiger partial charge in [-0.2, -0.15) is 0 Å². The first-order valence-electron chi connectivity index (χ1n) is 16.8. The highest BCUT2D eigenvalue weighted by Gasteiger charge is 2.23. The molecule has 0 bridgehead atoms. The van der Waals surface area contributed by atoms with E-state index in [-0.39, 0.29) is 0 Å². The number of rotatable bonds is 2. The maximum atomic E-state index is 2.41. The summed E-state index contributed by atoms with van der Waals surface area (Å²) < 4.78 is 0. The number of fused-ring (bicyclic) bond motifs is 10. The van der Waals surface area contributed by atoms with Crippen LogP contribution in [-0.2, 0) is 0 Å². The van der Waals surface area contributed by atoms with Gasteiger partial charge >= 0.3 is 0 Å². The van der Waals surface area contributed by atoms with Gasteiger partial charge in [-0.25, -0.2) is 0 Å². The molecule has 0 unspecified atom stereocenters. The molecule has 220 valence electrons. The van der Waals surface area contributed by atoms with Crippen molar-refractivity contribution in [3.05, 3.63) is 170 Å². The fourth-order valence-electron chi connectivity index (χ4n) is 8.69. The first-order valence-corrected chi connectivity index (χ1v) is 16.8. The van der Waals surface area contributed by atoms with Crippen molar-refractivity contribution in [2.24, 2.45) is 0 Å². The monoisotopic (exact) mass is 604 g/mol. The van der Waals surface area contributed by atoms with Gasteiger partial charge in [0.25, 0.3) is 0 Å². The van der Waals surface area contributed by atoms with E-state index in [4.69, 9.17) is 0 Å². The molecule has 1 aliphatic carbocycles.